The van der Waals surface area contributed by atoms with E-state index in [9.17, 15) is 13.2 Å². The highest BCUT2D eigenvalue weighted by molar-refractivity contribution is 7.88. The maximum Gasteiger partial charge on any atom is 0.216 e. The van der Waals surface area contributed by atoms with Crippen molar-refractivity contribution in [2.24, 2.45) is 0 Å². The summed E-state index contributed by atoms with van der Waals surface area (Å²) >= 11 is 0. The second-order valence-electron chi connectivity index (χ2n) is 4.19. The molecule has 6 heteroatoms. The quantitative estimate of drug-likeness (QED) is 0.852. The highest BCUT2D eigenvalue weighted by Gasteiger charge is 2.20. The first-order valence-electron chi connectivity index (χ1n) is 5.90. The summed E-state index contributed by atoms with van der Waals surface area (Å²) < 4.78 is 26.2. The molecule has 102 valence electrons. The van der Waals surface area contributed by atoms with Crippen LogP contribution in [0.25, 0.3) is 0 Å². The van der Waals surface area contributed by atoms with Gasteiger partial charge in [-0.15, -0.1) is 0 Å². The number of hydrogen-bond donors (Lipinski definition) is 1. The topological polar surface area (TPSA) is 87.0 Å². The zero-order chi connectivity index (χ0) is 14.5. The van der Waals surface area contributed by atoms with E-state index in [1.165, 1.54) is 6.92 Å². The van der Waals surface area contributed by atoms with Crippen LogP contribution in [-0.4, -0.2) is 20.2 Å². The molecule has 0 heterocycles. The van der Waals surface area contributed by atoms with Gasteiger partial charge in [0.25, 0.3) is 0 Å². The van der Waals surface area contributed by atoms with E-state index in [0.717, 1.165) is 0 Å². The van der Waals surface area contributed by atoms with Gasteiger partial charge in [-0.1, -0.05) is 25.1 Å². The normalized spacial score (nSPS) is 12.7. The highest BCUT2D eigenvalue weighted by Crippen LogP contribution is 2.11. The van der Waals surface area contributed by atoms with Crippen molar-refractivity contribution < 1.29 is 13.2 Å². The molecule has 1 aromatic carbocycles. The summed E-state index contributed by atoms with van der Waals surface area (Å²) in [7, 11) is -3.64. The minimum absolute atomic E-state index is 0.169. The molecule has 0 saturated heterocycles. The standard InChI is InChI=1S/C13H16N2O3S/c1-3-13(16)10(2)15-19(17,18)9-12-7-5-4-6-11(12)8-14/h4-7,10,15H,3,9H2,1-2H3. The maximum absolute atomic E-state index is 11.9. The van der Waals surface area contributed by atoms with Crippen LogP contribution in [0.1, 0.15) is 31.4 Å². The van der Waals surface area contributed by atoms with Crippen LogP contribution in [0, 0.1) is 11.3 Å². The molecule has 1 unspecified atom stereocenters. The lowest BCUT2D eigenvalue weighted by Gasteiger charge is -2.12. The molecule has 5 nitrogen and oxygen atoms in total. The number of carbonyl (C=O) groups excluding carboxylic acids is 1. The predicted molar refractivity (Wildman–Crippen MR) is 71.7 cm³/mol. The van der Waals surface area contributed by atoms with E-state index >= 15 is 0 Å². The van der Waals surface area contributed by atoms with Crippen LogP contribution in [0.3, 0.4) is 0 Å². The minimum Gasteiger partial charge on any atom is -0.298 e. The summed E-state index contributed by atoms with van der Waals surface area (Å²) in [6, 6.07) is 7.69. The fourth-order valence-corrected chi connectivity index (χ4v) is 3.06. The van der Waals surface area contributed by atoms with Crippen molar-refractivity contribution in [3.63, 3.8) is 0 Å². The molecule has 0 amide bonds. The van der Waals surface area contributed by atoms with E-state index < -0.39 is 16.1 Å². The average Bonchev–Trinajstić information content (AvgIpc) is 2.37. The summed E-state index contributed by atoms with van der Waals surface area (Å²) in [6.45, 7) is 3.19. The molecule has 0 saturated carbocycles. The van der Waals surface area contributed by atoms with Gasteiger partial charge in [0.2, 0.25) is 10.0 Å². The Morgan fingerprint density at radius 1 is 1.42 bits per heavy atom. The second kappa shape index (κ2) is 6.45. The number of nitrogens with one attached hydrogen (secondary N) is 1. The molecule has 1 N–H and O–H groups in total. The number of carbonyl (C=O) groups is 1. The fraction of sp³-hybridized carbons (Fsp3) is 0.385. The van der Waals surface area contributed by atoms with Gasteiger partial charge in [0.1, 0.15) is 5.78 Å². The number of nitrogens with zero attached hydrogens (tertiary/aromatic N) is 1. The third-order valence-electron chi connectivity index (χ3n) is 2.67. The summed E-state index contributed by atoms with van der Waals surface area (Å²) in [5.74, 6) is -0.477. The number of hydrogen-bond acceptors (Lipinski definition) is 4. The molecule has 1 aromatic rings. The average molecular weight is 280 g/mol. The Kier molecular flexibility index (Phi) is 5.21. The van der Waals surface area contributed by atoms with Crippen LogP contribution in [-0.2, 0) is 20.6 Å². The van der Waals surface area contributed by atoms with E-state index in [1.807, 2.05) is 6.07 Å². The van der Waals surface area contributed by atoms with Crippen molar-refractivity contribution in [2.45, 2.75) is 32.1 Å². The summed E-state index contributed by atoms with van der Waals surface area (Å²) in [6.07, 6.45) is 0.276. The van der Waals surface area contributed by atoms with Crippen molar-refractivity contribution >= 4 is 15.8 Å². The molecule has 0 aliphatic rings. The third kappa shape index (κ3) is 4.47. The van der Waals surface area contributed by atoms with E-state index in [2.05, 4.69) is 4.72 Å². The van der Waals surface area contributed by atoms with Crippen LogP contribution in [0.5, 0.6) is 0 Å². The van der Waals surface area contributed by atoms with Crippen LogP contribution < -0.4 is 4.72 Å². The number of sulfonamides is 1. The lowest BCUT2D eigenvalue weighted by atomic mass is 10.1. The Balaban J connectivity index is 2.86. The van der Waals surface area contributed by atoms with Gasteiger partial charge >= 0.3 is 0 Å². The Labute approximate surface area is 113 Å². The van der Waals surface area contributed by atoms with Crippen molar-refractivity contribution in [3.05, 3.63) is 35.4 Å². The Hall–Kier alpha value is -1.71. The number of ketones is 1. The molecular weight excluding hydrogens is 264 g/mol. The monoisotopic (exact) mass is 280 g/mol. The molecule has 1 atom stereocenters. The van der Waals surface area contributed by atoms with Crippen LogP contribution in [0.15, 0.2) is 24.3 Å². The zero-order valence-electron chi connectivity index (χ0n) is 10.9. The first-order chi connectivity index (χ1) is 8.89. The molecule has 0 spiro atoms. The number of Topliss-reactive ketones (excluding diaryl/α,β-unsaturated/α-hetero) is 1. The smallest absolute Gasteiger partial charge is 0.216 e. The van der Waals surface area contributed by atoms with Gasteiger partial charge in [0, 0.05) is 6.42 Å². The lowest BCUT2D eigenvalue weighted by Crippen LogP contribution is -2.38. The number of benzene rings is 1. The number of rotatable bonds is 6. The maximum atomic E-state index is 11.9. The summed E-state index contributed by atoms with van der Waals surface area (Å²) in [4.78, 5) is 11.4. The van der Waals surface area contributed by atoms with E-state index in [4.69, 9.17) is 5.26 Å². The third-order valence-corrected chi connectivity index (χ3v) is 4.07. The van der Waals surface area contributed by atoms with Crippen molar-refractivity contribution in [3.8, 4) is 6.07 Å². The van der Waals surface area contributed by atoms with Gasteiger partial charge in [-0.3, -0.25) is 4.79 Å². The van der Waals surface area contributed by atoms with Crippen molar-refractivity contribution in [2.75, 3.05) is 0 Å². The summed E-state index contributed by atoms with van der Waals surface area (Å²) in [5, 5.41) is 8.90. The predicted octanol–water partition coefficient (Wildman–Crippen LogP) is 1.35. The molecule has 1 rings (SSSR count). The molecule has 0 aromatic heterocycles. The van der Waals surface area contributed by atoms with Gasteiger partial charge < -0.3 is 0 Å². The summed E-state index contributed by atoms with van der Waals surface area (Å²) in [5.41, 5.74) is 0.746. The number of nitriles is 1. The van der Waals surface area contributed by atoms with E-state index in [1.54, 1.807) is 31.2 Å². The van der Waals surface area contributed by atoms with Crippen molar-refractivity contribution in [1.82, 2.24) is 4.72 Å². The van der Waals surface area contributed by atoms with Gasteiger partial charge in [-0.25, -0.2) is 13.1 Å². The fourth-order valence-electron chi connectivity index (χ4n) is 1.64. The Morgan fingerprint density at radius 2 is 2.05 bits per heavy atom. The Bertz CT molecular complexity index is 603. The molecular formula is C13H16N2O3S. The minimum atomic E-state index is -3.64. The van der Waals surface area contributed by atoms with Gasteiger partial charge in [0.05, 0.1) is 23.4 Å². The second-order valence-corrected chi connectivity index (χ2v) is 5.94. The van der Waals surface area contributed by atoms with Gasteiger partial charge in [-0.05, 0) is 18.6 Å². The SMILES string of the molecule is CCC(=O)C(C)NS(=O)(=O)Cc1ccccc1C#N. The van der Waals surface area contributed by atoms with E-state index in [0.29, 0.717) is 11.1 Å². The van der Waals surface area contributed by atoms with Crippen LogP contribution in [0.4, 0.5) is 0 Å². The highest BCUT2D eigenvalue weighted by atomic mass is 32.2. The largest absolute Gasteiger partial charge is 0.298 e. The molecule has 0 fully saturated rings. The Morgan fingerprint density at radius 3 is 2.63 bits per heavy atom. The van der Waals surface area contributed by atoms with Gasteiger partial charge in [-0.2, -0.15) is 5.26 Å². The first kappa shape index (κ1) is 15.3. The van der Waals surface area contributed by atoms with Gasteiger partial charge in [0.15, 0.2) is 0 Å². The zero-order valence-corrected chi connectivity index (χ0v) is 11.7. The van der Waals surface area contributed by atoms with Crippen molar-refractivity contribution in [1.29, 1.82) is 5.26 Å². The molecule has 19 heavy (non-hydrogen) atoms. The molecule has 0 aliphatic carbocycles. The lowest BCUT2D eigenvalue weighted by molar-refractivity contribution is -0.119. The first-order valence-corrected chi connectivity index (χ1v) is 7.55. The van der Waals surface area contributed by atoms with Crippen LogP contribution in [0.2, 0.25) is 0 Å². The molecule has 0 radical (unpaired) electrons. The van der Waals surface area contributed by atoms with Crippen LogP contribution >= 0.6 is 0 Å². The molecule has 0 aliphatic heterocycles. The molecule has 0 bridgehead atoms. The van der Waals surface area contributed by atoms with E-state index in [-0.39, 0.29) is 18.0 Å².